The average molecular weight is 888 g/mol. The van der Waals surface area contributed by atoms with Crippen molar-refractivity contribution in [3.05, 3.63) is 89.4 Å². The van der Waals surface area contributed by atoms with E-state index in [1.165, 1.54) is 36.4 Å². The minimum atomic E-state index is -4.38. The number of benzene rings is 2. The summed E-state index contributed by atoms with van der Waals surface area (Å²) in [6.45, 7) is 13.9. The van der Waals surface area contributed by atoms with Crippen molar-refractivity contribution < 1.29 is 54.3 Å². The van der Waals surface area contributed by atoms with Crippen molar-refractivity contribution in [3.63, 3.8) is 0 Å². The lowest BCUT2D eigenvalue weighted by molar-refractivity contribution is -0.139. The fourth-order valence-electron chi connectivity index (χ4n) is 7.03. The van der Waals surface area contributed by atoms with Gasteiger partial charge in [-0.15, -0.1) is 13.2 Å². The van der Waals surface area contributed by atoms with Crippen LogP contribution in [0.1, 0.15) is 65.4 Å². The highest BCUT2D eigenvalue weighted by Gasteiger charge is 2.67. The number of nitrogens with one attached hydrogen (secondary N) is 1. The highest BCUT2D eigenvalue weighted by molar-refractivity contribution is 9.10. The Morgan fingerprint density at radius 1 is 1.11 bits per heavy atom. The number of rotatable bonds is 20. The largest absolute Gasteiger partial charge is 0.444 e. The standard InChI is InChI=1S/C39H50BrF2N2O10PS/c1-7-11-33(43-37(47)53-38(4,5)6)36(46)44-24-28(54-56(49,50)29-16-14-27(40)15-17-29)21-34(44)35(45)23-39(22-26(39)18-20-51-19-8-2)55(48,52-9-3)25-30-31(41)12-10-13-32(30)42/h7-8,10,12-17,26,28,33-34H,1-2,9,11,18-25H2,3-6H3,(H,43,47)/t26-,28+,33+,34+,39-,55?/m1/s1. The zero-order valence-electron chi connectivity index (χ0n) is 32.0. The molecule has 17 heteroatoms. The number of carbonyl (C=O) groups is 3. The van der Waals surface area contributed by atoms with Gasteiger partial charge in [-0.1, -0.05) is 34.1 Å². The first kappa shape index (κ1) is 45.4. The van der Waals surface area contributed by atoms with E-state index in [-0.39, 0.29) is 50.5 Å². The van der Waals surface area contributed by atoms with Crippen LogP contribution >= 0.6 is 23.3 Å². The van der Waals surface area contributed by atoms with Crippen LogP contribution in [0, 0.1) is 17.6 Å². The smallest absolute Gasteiger partial charge is 0.408 e. The van der Waals surface area contributed by atoms with Crippen molar-refractivity contribution in [2.75, 3.05) is 26.4 Å². The molecule has 1 N–H and O–H groups in total. The maximum Gasteiger partial charge on any atom is 0.408 e. The number of amides is 2. The highest BCUT2D eigenvalue weighted by Crippen LogP contribution is 2.77. The maximum absolute atomic E-state index is 15.1. The molecule has 308 valence electrons. The van der Waals surface area contributed by atoms with Gasteiger partial charge in [0.25, 0.3) is 10.1 Å². The van der Waals surface area contributed by atoms with Crippen molar-refractivity contribution in [2.45, 2.75) is 99.8 Å². The predicted molar refractivity (Wildman–Crippen MR) is 210 cm³/mol. The second-order valence-corrected chi connectivity index (χ2v) is 20.1. The molecule has 1 aliphatic carbocycles. The molecule has 1 heterocycles. The summed E-state index contributed by atoms with van der Waals surface area (Å²) < 4.78 is 95.0. The van der Waals surface area contributed by atoms with Crippen LogP contribution < -0.4 is 5.32 Å². The Hall–Kier alpha value is -3.27. The first-order valence-corrected chi connectivity index (χ1v) is 22.3. The van der Waals surface area contributed by atoms with Gasteiger partial charge in [-0.05, 0) is 89.3 Å². The topological polar surface area (TPSA) is 155 Å². The monoisotopic (exact) mass is 886 g/mol. The number of likely N-dealkylation sites (tertiary alicyclic amines) is 1. The Morgan fingerprint density at radius 3 is 2.36 bits per heavy atom. The zero-order valence-corrected chi connectivity index (χ0v) is 35.3. The summed E-state index contributed by atoms with van der Waals surface area (Å²) in [5, 5.41) is 1.14. The molecule has 2 aromatic carbocycles. The number of carbonyl (C=O) groups excluding carboxylic acids is 3. The lowest BCUT2D eigenvalue weighted by atomic mass is 10.0. The van der Waals surface area contributed by atoms with E-state index in [9.17, 15) is 22.8 Å². The fourth-order valence-corrected chi connectivity index (χ4v) is 11.7. The van der Waals surface area contributed by atoms with Crippen LogP contribution in [-0.2, 0) is 48.6 Å². The van der Waals surface area contributed by atoms with Crippen LogP contribution in [0.5, 0.6) is 0 Å². The average Bonchev–Trinajstić information content (AvgIpc) is 3.66. The van der Waals surface area contributed by atoms with E-state index in [1.807, 2.05) is 0 Å². The molecule has 2 amide bonds. The minimum absolute atomic E-state index is 0.0668. The van der Waals surface area contributed by atoms with Crippen LogP contribution in [0.3, 0.4) is 0 Å². The second-order valence-electron chi connectivity index (χ2n) is 14.8. The lowest BCUT2D eigenvalue weighted by Gasteiger charge is -2.32. The third kappa shape index (κ3) is 11.2. The number of alkyl carbamates (subject to hydrolysis) is 1. The number of ketones is 1. The van der Waals surface area contributed by atoms with E-state index in [0.717, 1.165) is 17.0 Å². The fraction of sp³-hybridized carbons (Fsp3) is 0.513. The lowest BCUT2D eigenvalue weighted by Crippen LogP contribution is -2.52. The van der Waals surface area contributed by atoms with Crippen LogP contribution in [0.2, 0.25) is 0 Å². The highest BCUT2D eigenvalue weighted by atomic mass is 79.9. The number of Topliss-reactive ketones (excluding diaryl/α,β-unsaturated/α-hetero) is 1. The Morgan fingerprint density at radius 2 is 1.77 bits per heavy atom. The van der Waals surface area contributed by atoms with Crippen molar-refractivity contribution in [2.24, 2.45) is 5.92 Å². The van der Waals surface area contributed by atoms with Crippen LogP contribution in [0.4, 0.5) is 13.6 Å². The molecule has 1 saturated carbocycles. The zero-order chi connectivity index (χ0) is 41.5. The van der Waals surface area contributed by atoms with Crippen molar-refractivity contribution >= 4 is 51.2 Å². The van der Waals surface area contributed by atoms with Crippen LogP contribution in [0.15, 0.2) is 77.1 Å². The van der Waals surface area contributed by atoms with Crippen LogP contribution in [0.25, 0.3) is 0 Å². The van der Waals surface area contributed by atoms with Crippen molar-refractivity contribution in [3.8, 4) is 0 Å². The molecule has 56 heavy (non-hydrogen) atoms. The van der Waals surface area contributed by atoms with E-state index < -0.39 is 99.9 Å². The van der Waals surface area contributed by atoms with Gasteiger partial charge in [-0.25, -0.2) is 13.6 Å². The summed E-state index contributed by atoms with van der Waals surface area (Å²) in [5.41, 5.74) is -1.33. The number of hydrogen-bond donors (Lipinski definition) is 1. The molecular weight excluding hydrogens is 837 g/mol. The summed E-state index contributed by atoms with van der Waals surface area (Å²) in [5.74, 6) is -3.59. The summed E-state index contributed by atoms with van der Waals surface area (Å²) in [6, 6.07) is 6.44. The quantitative estimate of drug-likeness (QED) is 0.0606. The minimum Gasteiger partial charge on any atom is -0.444 e. The molecule has 0 radical (unpaired) electrons. The molecule has 4 rings (SSSR count). The second kappa shape index (κ2) is 19.0. The van der Waals surface area contributed by atoms with E-state index >= 15 is 13.3 Å². The van der Waals surface area contributed by atoms with Gasteiger partial charge < -0.3 is 24.2 Å². The van der Waals surface area contributed by atoms with E-state index in [1.54, 1.807) is 33.8 Å². The van der Waals surface area contributed by atoms with Gasteiger partial charge in [0.05, 0.1) is 41.6 Å². The number of hydrogen-bond acceptors (Lipinski definition) is 10. The normalized spacial score (nSPS) is 22.5. The van der Waals surface area contributed by atoms with E-state index in [4.69, 9.17) is 18.2 Å². The van der Waals surface area contributed by atoms with Gasteiger partial charge in [0.2, 0.25) is 13.3 Å². The molecule has 6 atom stereocenters. The molecular formula is C39H50BrF2N2O10PS. The first-order chi connectivity index (χ1) is 26.3. The number of ether oxygens (including phenoxy) is 2. The van der Waals surface area contributed by atoms with E-state index in [2.05, 4.69) is 34.4 Å². The molecule has 0 spiro atoms. The SMILES string of the molecule is C=CCOCC[C@@H]1C[C@]1(CC(=O)[C@@H]1C[C@H](OS(=O)(=O)c2ccc(Br)cc2)CN1C(=O)[C@H](CC=C)NC(=O)OC(C)(C)C)P(=O)(Cc1c(F)cccc1F)OCC. The molecule has 1 aliphatic heterocycles. The molecule has 2 fully saturated rings. The summed E-state index contributed by atoms with van der Waals surface area (Å²) in [6.07, 6.45) is 0.0105. The Balaban J connectivity index is 1.72. The number of nitrogens with zero attached hydrogens (tertiary/aromatic N) is 1. The Bertz CT molecular complexity index is 1910. The Kier molecular flexibility index (Phi) is 15.4. The van der Waals surface area contributed by atoms with Gasteiger partial charge in [0, 0.05) is 36.0 Å². The summed E-state index contributed by atoms with van der Waals surface area (Å²) >= 11 is 3.27. The molecule has 0 bridgehead atoms. The molecule has 2 aromatic rings. The van der Waals surface area contributed by atoms with Gasteiger partial charge in [-0.3, -0.25) is 18.3 Å². The molecule has 1 saturated heterocycles. The summed E-state index contributed by atoms with van der Waals surface area (Å²) in [7, 11) is -8.48. The summed E-state index contributed by atoms with van der Waals surface area (Å²) in [4.78, 5) is 42.8. The van der Waals surface area contributed by atoms with E-state index in [0.29, 0.717) is 10.9 Å². The van der Waals surface area contributed by atoms with Crippen LogP contribution in [-0.4, -0.2) is 86.4 Å². The Labute approximate surface area is 336 Å². The third-order valence-electron chi connectivity index (χ3n) is 9.64. The van der Waals surface area contributed by atoms with Gasteiger partial charge in [0.15, 0.2) is 5.78 Å². The van der Waals surface area contributed by atoms with Gasteiger partial charge in [0.1, 0.15) is 23.3 Å². The predicted octanol–water partition coefficient (Wildman–Crippen LogP) is 7.70. The first-order valence-electron chi connectivity index (χ1n) is 18.3. The molecule has 1 unspecified atom stereocenters. The maximum atomic E-state index is 15.1. The number of halogens is 3. The van der Waals surface area contributed by atoms with Gasteiger partial charge >= 0.3 is 6.09 Å². The molecule has 2 aliphatic rings. The molecule has 12 nitrogen and oxygen atoms in total. The molecule has 0 aromatic heterocycles. The van der Waals surface area contributed by atoms with Crippen molar-refractivity contribution in [1.82, 2.24) is 10.2 Å². The van der Waals surface area contributed by atoms with Crippen molar-refractivity contribution in [1.29, 1.82) is 0 Å². The van der Waals surface area contributed by atoms with Gasteiger partial charge in [-0.2, -0.15) is 8.42 Å². The third-order valence-corrected chi connectivity index (χ3v) is 15.0.